The van der Waals surface area contributed by atoms with E-state index in [-0.39, 0.29) is 11.8 Å². The summed E-state index contributed by atoms with van der Waals surface area (Å²) in [5.41, 5.74) is 0.461. The predicted molar refractivity (Wildman–Crippen MR) is 79.0 cm³/mol. The van der Waals surface area contributed by atoms with Gasteiger partial charge in [0.2, 0.25) is 5.91 Å². The summed E-state index contributed by atoms with van der Waals surface area (Å²) in [6.07, 6.45) is 0. The molecule has 2 rings (SSSR count). The summed E-state index contributed by atoms with van der Waals surface area (Å²) in [7, 11) is 0. The smallest absolute Gasteiger partial charge is 0.327 e. The topological polar surface area (TPSA) is 86.7 Å². The maximum absolute atomic E-state index is 12.3. The van der Waals surface area contributed by atoms with Crippen LogP contribution in [0, 0.1) is 0 Å². The monoisotopic (exact) mass is 308 g/mol. The first-order valence-corrected chi connectivity index (χ1v) is 7.63. The predicted octanol–water partition coefficient (Wildman–Crippen LogP) is 0.791. The van der Waals surface area contributed by atoms with Crippen LogP contribution in [0.25, 0.3) is 0 Å². The van der Waals surface area contributed by atoms with Crippen molar-refractivity contribution in [2.24, 2.45) is 0 Å². The minimum Gasteiger partial charge on any atom is -0.480 e. The van der Waals surface area contributed by atoms with Gasteiger partial charge in [-0.15, -0.1) is 11.8 Å². The Hall–Kier alpha value is -2.02. The highest BCUT2D eigenvalue weighted by Crippen LogP contribution is 2.21. The minimum absolute atomic E-state index is 0.335. The van der Waals surface area contributed by atoms with E-state index >= 15 is 0 Å². The van der Waals surface area contributed by atoms with Crippen LogP contribution in [0.5, 0.6) is 0 Å². The Morgan fingerprint density at radius 2 is 2.00 bits per heavy atom. The maximum Gasteiger partial charge on any atom is 0.327 e. The highest BCUT2D eigenvalue weighted by atomic mass is 32.2. The van der Waals surface area contributed by atoms with Gasteiger partial charge in [0.15, 0.2) is 0 Å². The molecular formula is C14H16N2O4S. The van der Waals surface area contributed by atoms with Crippen molar-refractivity contribution in [3.63, 3.8) is 0 Å². The number of benzene rings is 1. The molecule has 1 aromatic rings. The average Bonchev–Trinajstić information content (AvgIpc) is 2.96. The molecule has 1 unspecified atom stereocenters. The van der Waals surface area contributed by atoms with Gasteiger partial charge in [0, 0.05) is 11.3 Å². The van der Waals surface area contributed by atoms with Crippen LogP contribution in [0.4, 0.5) is 0 Å². The number of carbonyl (C=O) groups excluding carboxylic acids is 2. The molecule has 2 amide bonds. The lowest BCUT2D eigenvalue weighted by molar-refractivity contribution is -0.148. The third-order valence-corrected chi connectivity index (χ3v) is 4.22. The number of amides is 2. The normalized spacial score (nSPS) is 19.1. The molecular weight excluding hydrogens is 292 g/mol. The van der Waals surface area contributed by atoms with Gasteiger partial charge in [-0.3, -0.25) is 9.59 Å². The molecule has 1 aromatic carbocycles. The van der Waals surface area contributed by atoms with Gasteiger partial charge in [0.1, 0.15) is 12.1 Å². The van der Waals surface area contributed by atoms with Gasteiger partial charge >= 0.3 is 5.97 Å². The fraction of sp³-hybridized carbons (Fsp3) is 0.357. The second kappa shape index (κ2) is 6.62. The summed E-state index contributed by atoms with van der Waals surface area (Å²) in [5, 5.41) is 11.7. The van der Waals surface area contributed by atoms with Crippen LogP contribution in [0.15, 0.2) is 30.3 Å². The molecule has 2 N–H and O–H groups in total. The highest BCUT2D eigenvalue weighted by Gasteiger charge is 2.36. The van der Waals surface area contributed by atoms with Crippen molar-refractivity contribution in [1.29, 1.82) is 0 Å². The third kappa shape index (κ3) is 3.55. The van der Waals surface area contributed by atoms with Gasteiger partial charge in [-0.2, -0.15) is 0 Å². The Morgan fingerprint density at radius 3 is 2.62 bits per heavy atom. The largest absolute Gasteiger partial charge is 0.480 e. The quantitative estimate of drug-likeness (QED) is 0.859. The Labute approximate surface area is 126 Å². The van der Waals surface area contributed by atoms with E-state index < -0.39 is 18.1 Å². The van der Waals surface area contributed by atoms with Gasteiger partial charge in [0.05, 0.1) is 5.88 Å². The van der Waals surface area contributed by atoms with E-state index in [4.69, 9.17) is 5.11 Å². The molecule has 7 heteroatoms. The molecule has 1 heterocycles. The Kier molecular flexibility index (Phi) is 4.85. The molecule has 0 radical (unpaired) electrons. The van der Waals surface area contributed by atoms with Crippen LogP contribution < -0.4 is 5.32 Å². The Bertz CT molecular complexity index is 549. The molecule has 1 aliphatic rings. The zero-order chi connectivity index (χ0) is 15.4. The lowest BCUT2D eigenvalue weighted by Gasteiger charge is -2.24. The van der Waals surface area contributed by atoms with Crippen LogP contribution >= 0.6 is 11.8 Å². The van der Waals surface area contributed by atoms with Crippen molar-refractivity contribution in [1.82, 2.24) is 10.2 Å². The van der Waals surface area contributed by atoms with Crippen LogP contribution in [0.3, 0.4) is 0 Å². The SMILES string of the molecule is CC(NC(=O)c1ccccc1)C(=O)N1CSC[C@H]1C(=O)O. The molecule has 0 spiro atoms. The van der Waals surface area contributed by atoms with Crippen LogP contribution in [0.2, 0.25) is 0 Å². The standard InChI is InChI=1S/C14H16N2O4S/c1-9(15-12(17)10-5-3-2-4-6-10)13(18)16-8-21-7-11(16)14(19)20/h2-6,9,11H,7-8H2,1H3,(H,15,17)(H,19,20)/t9?,11-/m0/s1. The van der Waals surface area contributed by atoms with E-state index in [1.807, 2.05) is 0 Å². The summed E-state index contributed by atoms with van der Waals surface area (Å²) < 4.78 is 0. The molecule has 0 saturated carbocycles. The van der Waals surface area contributed by atoms with Gasteiger partial charge in [-0.05, 0) is 19.1 Å². The molecule has 0 aliphatic carbocycles. The lowest BCUT2D eigenvalue weighted by atomic mass is 10.2. The number of carboxylic acids is 1. The van der Waals surface area contributed by atoms with E-state index in [9.17, 15) is 14.4 Å². The zero-order valence-electron chi connectivity index (χ0n) is 11.5. The molecule has 1 aliphatic heterocycles. The van der Waals surface area contributed by atoms with Crippen LogP contribution in [-0.4, -0.2) is 51.5 Å². The number of hydrogen-bond donors (Lipinski definition) is 2. The van der Waals surface area contributed by atoms with E-state index in [1.165, 1.54) is 16.7 Å². The summed E-state index contributed by atoms with van der Waals surface area (Å²) in [6, 6.07) is 6.98. The van der Waals surface area contributed by atoms with E-state index in [2.05, 4.69) is 5.32 Å². The molecule has 0 aromatic heterocycles. The fourth-order valence-corrected chi connectivity index (χ4v) is 3.20. The maximum atomic E-state index is 12.3. The van der Waals surface area contributed by atoms with Gasteiger partial charge in [0.25, 0.3) is 5.91 Å². The Morgan fingerprint density at radius 1 is 1.33 bits per heavy atom. The summed E-state index contributed by atoms with van der Waals surface area (Å²) in [4.78, 5) is 36.6. The van der Waals surface area contributed by atoms with Crippen molar-refractivity contribution in [2.75, 3.05) is 11.6 Å². The molecule has 6 nitrogen and oxygen atoms in total. The molecule has 2 atom stereocenters. The first-order valence-electron chi connectivity index (χ1n) is 6.47. The van der Waals surface area contributed by atoms with Crippen molar-refractivity contribution in [2.45, 2.75) is 19.0 Å². The summed E-state index contributed by atoms with van der Waals surface area (Å²) in [6.45, 7) is 1.56. The average molecular weight is 308 g/mol. The number of thioether (sulfide) groups is 1. The summed E-state index contributed by atoms with van der Waals surface area (Å²) in [5.74, 6) is -1.04. The van der Waals surface area contributed by atoms with Crippen LogP contribution in [0.1, 0.15) is 17.3 Å². The van der Waals surface area contributed by atoms with Crippen molar-refractivity contribution in [3.05, 3.63) is 35.9 Å². The first-order chi connectivity index (χ1) is 10.0. The van der Waals surface area contributed by atoms with E-state index in [0.717, 1.165) is 0 Å². The number of aliphatic carboxylic acids is 1. The number of hydrogen-bond acceptors (Lipinski definition) is 4. The molecule has 21 heavy (non-hydrogen) atoms. The van der Waals surface area contributed by atoms with Crippen molar-refractivity contribution < 1.29 is 19.5 Å². The molecule has 0 bridgehead atoms. The van der Waals surface area contributed by atoms with Crippen LogP contribution in [-0.2, 0) is 9.59 Å². The highest BCUT2D eigenvalue weighted by molar-refractivity contribution is 7.99. The molecule has 1 fully saturated rings. The number of carboxylic acid groups (broad SMARTS) is 1. The van der Waals surface area contributed by atoms with Crippen molar-refractivity contribution in [3.8, 4) is 0 Å². The lowest BCUT2D eigenvalue weighted by Crippen LogP contribution is -2.50. The van der Waals surface area contributed by atoms with Crippen molar-refractivity contribution >= 4 is 29.5 Å². The van der Waals surface area contributed by atoms with Gasteiger partial charge in [-0.1, -0.05) is 18.2 Å². The second-order valence-electron chi connectivity index (χ2n) is 4.72. The van der Waals surface area contributed by atoms with E-state index in [0.29, 0.717) is 17.2 Å². The summed E-state index contributed by atoms with van der Waals surface area (Å²) >= 11 is 1.39. The molecule has 112 valence electrons. The van der Waals surface area contributed by atoms with E-state index in [1.54, 1.807) is 37.3 Å². The zero-order valence-corrected chi connectivity index (χ0v) is 12.3. The first kappa shape index (κ1) is 15.4. The van der Waals surface area contributed by atoms with Gasteiger partial charge in [-0.25, -0.2) is 4.79 Å². The number of carbonyl (C=O) groups is 3. The number of rotatable bonds is 4. The second-order valence-corrected chi connectivity index (χ2v) is 5.72. The minimum atomic E-state index is -1.02. The third-order valence-electron chi connectivity index (χ3n) is 3.20. The molecule has 1 saturated heterocycles. The number of nitrogens with zero attached hydrogens (tertiary/aromatic N) is 1. The van der Waals surface area contributed by atoms with Gasteiger partial charge < -0.3 is 15.3 Å². The number of nitrogens with one attached hydrogen (secondary N) is 1. The Balaban J connectivity index is 2.00. The fourth-order valence-electron chi connectivity index (χ4n) is 2.04.